The molecule has 0 amide bonds. The van der Waals surface area contributed by atoms with Crippen molar-refractivity contribution in [1.29, 1.82) is 0 Å². The summed E-state index contributed by atoms with van der Waals surface area (Å²) < 4.78 is 0. The number of rotatable bonds is 6. The van der Waals surface area contributed by atoms with Crippen LogP contribution in [0.2, 0.25) is 0 Å². The number of nitrogens with zero attached hydrogens (tertiary/aromatic N) is 2. The maximum atomic E-state index is 3.49. The fourth-order valence-electron chi connectivity index (χ4n) is 3.97. The second kappa shape index (κ2) is 10.5. The summed E-state index contributed by atoms with van der Waals surface area (Å²) in [7, 11) is 0. The van der Waals surface area contributed by atoms with Gasteiger partial charge in [0.05, 0.1) is 0 Å². The number of benzene rings is 1. The molecular weight excluding hydrogens is 341 g/mol. The van der Waals surface area contributed by atoms with Crippen LogP contribution in [0.4, 0.5) is 5.69 Å². The molecule has 1 atom stereocenters. The monoisotopic (exact) mass is 373 g/mol. The largest absolute Gasteiger partial charge is 0.372 e. The van der Waals surface area contributed by atoms with Crippen LogP contribution in [0.3, 0.4) is 0 Å². The summed E-state index contributed by atoms with van der Waals surface area (Å²) in [6.45, 7) is 11.3. The molecule has 1 aliphatic carbocycles. The highest BCUT2D eigenvalue weighted by molar-refractivity contribution is 5.85. The fourth-order valence-corrected chi connectivity index (χ4v) is 3.97. The maximum Gasteiger partial charge on any atom is 0.0377 e. The molecule has 24 heavy (non-hydrogen) atoms. The van der Waals surface area contributed by atoms with Crippen LogP contribution in [0.1, 0.15) is 44.7 Å². The lowest BCUT2D eigenvalue weighted by molar-refractivity contribution is 0.0837. The first kappa shape index (κ1) is 21.6. The zero-order valence-electron chi connectivity index (χ0n) is 15.0. The van der Waals surface area contributed by atoms with Gasteiger partial charge in [-0.2, -0.15) is 0 Å². The predicted octanol–water partition coefficient (Wildman–Crippen LogP) is 4.12. The Kier molecular flexibility index (Phi) is 9.43. The molecule has 0 bridgehead atoms. The van der Waals surface area contributed by atoms with Crippen LogP contribution < -0.4 is 10.2 Å². The lowest BCUT2D eigenvalue weighted by atomic mass is 9.76. The first-order chi connectivity index (χ1) is 10.8. The molecule has 0 aromatic heterocycles. The molecule has 5 heteroatoms. The molecule has 0 spiro atoms. The van der Waals surface area contributed by atoms with Crippen molar-refractivity contribution in [2.75, 3.05) is 44.2 Å². The minimum Gasteiger partial charge on any atom is -0.372 e. The number of nitrogens with one attached hydrogen (secondary N) is 1. The van der Waals surface area contributed by atoms with Gasteiger partial charge in [-0.3, -0.25) is 4.90 Å². The van der Waals surface area contributed by atoms with Crippen molar-refractivity contribution in [3.63, 3.8) is 0 Å². The van der Waals surface area contributed by atoms with Crippen LogP contribution in [-0.2, 0) is 0 Å². The Balaban J connectivity index is 0.00000144. The summed E-state index contributed by atoms with van der Waals surface area (Å²) >= 11 is 0. The Hall–Kier alpha value is -0.480. The van der Waals surface area contributed by atoms with E-state index in [1.807, 2.05) is 0 Å². The van der Waals surface area contributed by atoms with E-state index >= 15 is 0 Å². The van der Waals surface area contributed by atoms with Crippen molar-refractivity contribution in [1.82, 2.24) is 10.2 Å². The minimum atomic E-state index is 0. The second-order valence-corrected chi connectivity index (χ2v) is 6.69. The van der Waals surface area contributed by atoms with Crippen molar-refractivity contribution in [2.24, 2.45) is 5.92 Å². The molecule has 3 nitrogen and oxygen atoms in total. The zero-order valence-corrected chi connectivity index (χ0v) is 16.7. The number of piperazine rings is 1. The molecule has 2 aliphatic rings. The Morgan fingerprint density at radius 2 is 1.62 bits per heavy atom. The van der Waals surface area contributed by atoms with Crippen LogP contribution in [0.5, 0.6) is 0 Å². The predicted molar refractivity (Wildman–Crippen MR) is 109 cm³/mol. The zero-order chi connectivity index (χ0) is 15.4. The highest BCUT2D eigenvalue weighted by Gasteiger charge is 2.33. The van der Waals surface area contributed by atoms with E-state index in [4.69, 9.17) is 0 Å². The molecular formula is C19H33Cl2N3. The Morgan fingerprint density at radius 3 is 2.08 bits per heavy atom. The van der Waals surface area contributed by atoms with Crippen molar-refractivity contribution < 1.29 is 0 Å². The van der Waals surface area contributed by atoms with E-state index in [0.717, 1.165) is 32.1 Å². The first-order valence-electron chi connectivity index (χ1n) is 9.13. The molecule has 1 aromatic carbocycles. The third-order valence-corrected chi connectivity index (χ3v) is 5.50. The van der Waals surface area contributed by atoms with Crippen LogP contribution in [-0.4, -0.2) is 44.2 Å². The van der Waals surface area contributed by atoms with E-state index in [9.17, 15) is 0 Å². The summed E-state index contributed by atoms with van der Waals surface area (Å²) in [6.07, 6.45) is 4.24. The third-order valence-electron chi connectivity index (χ3n) is 5.50. The smallest absolute Gasteiger partial charge is 0.0377 e. The Bertz CT molecular complexity index is 452. The topological polar surface area (TPSA) is 18.5 Å². The van der Waals surface area contributed by atoms with Crippen molar-refractivity contribution in [2.45, 2.75) is 39.2 Å². The van der Waals surface area contributed by atoms with Gasteiger partial charge in [-0.05, 0) is 50.3 Å². The lowest BCUT2D eigenvalue weighted by Gasteiger charge is -2.43. The van der Waals surface area contributed by atoms with Gasteiger partial charge in [0.15, 0.2) is 0 Å². The molecule has 0 radical (unpaired) electrons. The number of halogens is 2. The minimum absolute atomic E-state index is 0. The van der Waals surface area contributed by atoms with Gasteiger partial charge >= 0.3 is 0 Å². The van der Waals surface area contributed by atoms with Gasteiger partial charge in [0.1, 0.15) is 0 Å². The normalized spacial score (nSPS) is 19.6. The number of hydrogen-bond acceptors (Lipinski definition) is 3. The van der Waals surface area contributed by atoms with Gasteiger partial charge in [0.2, 0.25) is 0 Å². The molecule has 2 fully saturated rings. The molecule has 1 aromatic rings. The molecule has 0 unspecified atom stereocenters. The van der Waals surface area contributed by atoms with Gasteiger partial charge < -0.3 is 10.2 Å². The van der Waals surface area contributed by atoms with E-state index in [1.165, 1.54) is 43.6 Å². The average molecular weight is 374 g/mol. The van der Waals surface area contributed by atoms with E-state index in [-0.39, 0.29) is 24.8 Å². The Morgan fingerprint density at radius 1 is 1.04 bits per heavy atom. The average Bonchev–Trinajstić information content (AvgIpc) is 2.53. The van der Waals surface area contributed by atoms with E-state index in [0.29, 0.717) is 6.04 Å². The van der Waals surface area contributed by atoms with Gasteiger partial charge in [-0.25, -0.2) is 0 Å². The van der Waals surface area contributed by atoms with E-state index < -0.39 is 0 Å². The lowest BCUT2D eigenvalue weighted by Crippen LogP contribution is -2.47. The fraction of sp³-hybridized carbons (Fsp3) is 0.684. The highest BCUT2D eigenvalue weighted by Crippen LogP contribution is 2.41. The van der Waals surface area contributed by atoms with Gasteiger partial charge in [-0.1, -0.05) is 18.6 Å². The molecule has 138 valence electrons. The van der Waals surface area contributed by atoms with Gasteiger partial charge in [0, 0.05) is 51.0 Å². The summed E-state index contributed by atoms with van der Waals surface area (Å²) in [4.78, 5) is 5.14. The number of anilines is 1. The van der Waals surface area contributed by atoms with Gasteiger partial charge in [-0.15, -0.1) is 24.8 Å². The maximum absolute atomic E-state index is 3.49. The summed E-state index contributed by atoms with van der Waals surface area (Å²) in [5.41, 5.74) is 2.89. The standard InChI is InChI=1S/C19H31N3.2ClH/c1-3-21(4-2)18-10-8-17(9-11-18)19(16-6-5-7-16)22-14-12-20-13-15-22;;/h8-11,16,19-20H,3-7,12-15H2,1-2H3;2*1H/t19-;;/m1../s1. The van der Waals surface area contributed by atoms with Crippen LogP contribution in [0.15, 0.2) is 24.3 Å². The van der Waals surface area contributed by atoms with Crippen molar-refractivity contribution >= 4 is 30.5 Å². The van der Waals surface area contributed by atoms with Crippen molar-refractivity contribution in [3.05, 3.63) is 29.8 Å². The van der Waals surface area contributed by atoms with Crippen LogP contribution in [0, 0.1) is 5.92 Å². The van der Waals surface area contributed by atoms with Crippen molar-refractivity contribution in [3.8, 4) is 0 Å². The van der Waals surface area contributed by atoms with E-state index in [1.54, 1.807) is 0 Å². The molecule has 1 saturated heterocycles. The molecule has 1 aliphatic heterocycles. The third kappa shape index (κ3) is 4.78. The first-order valence-corrected chi connectivity index (χ1v) is 9.13. The molecule has 1 N–H and O–H groups in total. The summed E-state index contributed by atoms with van der Waals surface area (Å²) in [5, 5.41) is 3.49. The number of hydrogen-bond donors (Lipinski definition) is 1. The highest BCUT2D eigenvalue weighted by atomic mass is 35.5. The second-order valence-electron chi connectivity index (χ2n) is 6.69. The van der Waals surface area contributed by atoms with Crippen LogP contribution in [0.25, 0.3) is 0 Å². The quantitative estimate of drug-likeness (QED) is 0.808. The molecule has 1 saturated carbocycles. The van der Waals surface area contributed by atoms with Gasteiger partial charge in [0.25, 0.3) is 0 Å². The Labute approximate surface area is 160 Å². The SMILES string of the molecule is CCN(CC)c1ccc([C@@H](C2CCC2)N2CCNCC2)cc1.Cl.Cl. The van der Waals surface area contributed by atoms with E-state index in [2.05, 4.69) is 53.2 Å². The summed E-state index contributed by atoms with van der Waals surface area (Å²) in [6, 6.07) is 10.1. The van der Waals surface area contributed by atoms with Crippen LogP contribution >= 0.6 is 24.8 Å². The molecule has 1 heterocycles. The summed E-state index contributed by atoms with van der Waals surface area (Å²) in [5.74, 6) is 0.873. The molecule has 3 rings (SSSR count).